The van der Waals surface area contributed by atoms with Gasteiger partial charge >= 0.3 is 5.97 Å². The zero-order valence-electron chi connectivity index (χ0n) is 9.96. The Labute approximate surface area is 111 Å². The number of hydrogen-bond donors (Lipinski definition) is 1. The number of halogens is 2. The van der Waals surface area contributed by atoms with Gasteiger partial charge in [0.25, 0.3) is 0 Å². The first kappa shape index (κ1) is 14.3. The van der Waals surface area contributed by atoms with Crippen LogP contribution in [0.1, 0.15) is 25.5 Å². The minimum absolute atomic E-state index is 0.388. The molecule has 5 heteroatoms. The number of benzene rings is 1. The fourth-order valence-corrected chi connectivity index (χ4v) is 1.95. The lowest BCUT2D eigenvalue weighted by atomic mass is 9.81. The highest BCUT2D eigenvalue weighted by molar-refractivity contribution is 6.33. The van der Waals surface area contributed by atoms with Crippen molar-refractivity contribution in [3.63, 3.8) is 0 Å². The van der Waals surface area contributed by atoms with Gasteiger partial charge in [0.1, 0.15) is 0 Å². The van der Waals surface area contributed by atoms with E-state index in [9.17, 15) is 4.79 Å². The molecule has 0 aliphatic rings. The number of esters is 1. The van der Waals surface area contributed by atoms with Crippen molar-refractivity contribution in [2.75, 3.05) is 7.11 Å². The van der Waals surface area contributed by atoms with Gasteiger partial charge in [-0.1, -0.05) is 23.2 Å². The molecule has 0 saturated heterocycles. The highest BCUT2D eigenvalue weighted by atomic mass is 35.5. The van der Waals surface area contributed by atoms with E-state index in [2.05, 4.69) is 0 Å². The van der Waals surface area contributed by atoms with Crippen molar-refractivity contribution in [1.82, 2.24) is 0 Å². The van der Waals surface area contributed by atoms with E-state index in [0.29, 0.717) is 15.6 Å². The van der Waals surface area contributed by atoms with Crippen LogP contribution in [-0.2, 0) is 9.53 Å². The standard InChI is InChI=1S/C12H15Cl2NO2/c1-12(2,11(16)17-3)10(15)8-6-7(13)4-5-9(8)14/h4-6,10H,15H2,1-3H3/t10-/m0/s1. The topological polar surface area (TPSA) is 52.3 Å². The zero-order valence-corrected chi connectivity index (χ0v) is 11.5. The molecule has 2 N–H and O–H groups in total. The van der Waals surface area contributed by atoms with Crippen molar-refractivity contribution in [2.24, 2.45) is 11.1 Å². The summed E-state index contributed by atoms with van der Waals surface area (Å²) in [6.45, 7) is 3.42. The van der Waals surface area contributed by atoms with Gasteiger partial charge in [-0.25, -0.2) is 0 Å². The fraction of sp³-hybridized carbons (Fsp3) is 0.417. The molecular formula is C12H15Cl2NO2. The minimum atomic E-state index is -0.872. The normalized spacial score (nSPS) is 13.3. The molecule has 1 rings (SSSR count). The largest absolute Gasteiger partial charge is 0.469 e. The number of hydrogen-bond acceptors (Lipinski definition) is 3. The Morgan fingerprint density at radius 1 is 1.41 bits per heavy atom. The molecule has 0 radical (unpaired) electrons. The predicted molar refractivity (Wildman–Crippen MR) is 69.2 cm³/mol. The van der Waals surface area contributed by atoms with Crippen LogP contribution in [0.15, 0.2) is 18.2 Å². The fourth-order valence-electron chi connectivity index (χ4n) is 1.53. The second kappa shape index (κ2) is 5.25. The van der Waals surface area contributed by atoms with Crippen LogP contribution in [0.4, 0.5) is 0 Å². The lowest BCUT2D eigenvalue weighted by molar-refractivity contribution is -0.152. The Bertz CT molecular complexity index is 433. The lowest BCUT2D eigenvalue weighted by Crippen LogP contribution is -2.37. The van der Waals surface area contributed by atoms with E-state index in [0.717, 1.165) is 0 Å². The van der Waals surface area contributed by atoms with Crippen molar-refractivity contribution < 1.29 is 9.53 Å². The van der Waals surface area contributed by atoms with E-state index in [1.54, 1.807) is 32.0 Å². The van der Waals surface area contributed by atoms with Gasteiger partial charge in [0, 0.05) is 16.1 Å². The Balaban J connectivity index is 3.15. The summed E-state index contributed by atoms with van der Waals surface area (Å²) in [6.07, 6.45) is 0. The summed E-state index contributed by atoms with van der Waals surface area (Å²) in [6, 6.07) is 4.41. The van der Waals surface area contributed by atoms with E-state index in [4.69, 9.17) is 33.7 Å². The molecule has 0 spiro atoms. The van der Waals surface area contributed by atoms with Gasteiger partial charge in [-0.15, -0.1) is 0 Å². The molecule has 0 bridgehead atoms. The predicted octanol–water partition coefficient (Wildman–Crippen LogP) is 3.19. The molecule has 0 amide bonds. The Morgan fingerprint density at radius 3 is 2.53 bits per heavy atom. The number of methoxy groups -OCH3 is 1. The molecule has 3 nitrogen and oxygen atoms in total. The van der Waals surface area contributed by atoms with Crippen LogP contribution in [0.25, 0.3) is 0 Å². The maximum atomic E-state index is 11.7. The molecule has 0 fully saturated rings. The molecule has 0 aliphatic heterocycles. The van der Waals surface area contributed by atoms with Gasteiger partial charge in [-0.05, 0) is 37.6 Å². The van der Waals surface area contributed by atoms with Gasteiger partial charge in [-0.3, -0.25) is 4.79 Å². The second-order valence-corrected chi connectivity index (χ2v) is 5.20. The maximum Gasteiger partial charge on any atom is 0.313 e. The monoisotopic (exact) mass is 275 g/mol. The third-order valence-electron chi connectivity index (χ3n) is 2.78. The molecule has 1 atom stereocenters. The maximum absolute atomic E-state index is 11.7. The first-order valence-electron chi connectivity index (χ1n) is 5.09. The van der Waals surface area contributed by atoms with E-state index in [1.165, 1.54) is 7.11 Å². The van der Waals surface area contributed by atoms with E-state index >= 15 is 0 Å². The molecule has 0 heterocycles. The first-order valence-corrected chi connectivity index (χ1v) is 5.85. The third kappa shape index (κ3) is 2.92. The van der Waals surface area contributed by atoms with E-state index < -0.39 is 11.5 Å². The van der Waals surface area contributed by atoms with Gasteiger partial charge in [0.15, 0.2) is 0 Å². The molecule has 17 heavy (non-hydrogen) atoms. The van der Waals surface area contributed by atoms with Crippen LogP contribution in [0.3, 0.4) is 0 Å². The van der Waals surface area contributed by atoms with Gasteiger partial charge in [0.05, 0.1) is 12.5 Å². The molecule has 0 unspecified atom stereocenters. The molecule has 0 aliphatic carbocycles. The summed E-state index contributed by atoms with van der Waals surface area (Å²) in [7, 11) is 1.33. The minimum Gasteiger partial charge on any atom is -0.469 e. The summed E-state index contributed by atoms with van der Waals surface area (Å²) < 4.78 is 4.73. The van der Waals surface area contributed by atoms with Crippen molar-refractivity contribution >= 4 is 29.2 Å². The quantitative estimate of drug-likeness (QED) is 0.862. The zero-order chi connectivity index (χ0) is 13.2. The summed E-state index contributed by atoms with van der Waals surface area (Å²) in [5.74, 6) is -0.388. The number of carbonyl (C=O) groups excluding carboxylic acids is 1. The molecule has 0 aromatic heterocycles. The van der Waals surface area contributed by atoms with E-state index in [1.807, 2.05) is 0 Å². The van der Waals surface area contributed by atoms with Crippen LogP contribution < -0.4 is 5.73 Å². The Morgan fingerprint density at radius 2 is 2.00 bits per heavy atom. The number of carbonyl (C=O) groups is 1. The highest BCUT2D eigenvalue weighted by Gasteiger charge is 2.37. The van der Waals surface area contributed by atoms with Crippen molar-refractivity contribution in [2.45, 2.75) is 19.9 Å². The number of ether oxygens (including phenoxy) is 1. The van der Waals surface area contributed by atoms with Crippen molar-refractivity contribution in [1.29, 1.82) is 0 Å². The SMILES string of the molecule is COC(=O)C(C)(C)[C@@H](N)c1cc(Cl)ccc1Cl. The van der Waals surface area contributed by atoms with Gasteiger partial charge < -0.3 is 10.5 Å². The molecule has 1 aromatic rings. The first-order chi connectivity index (χ1) is 7.80. The van der Waals surface area contributed by atoms with Crippen LogP contribution in [0, 0.1) is 5.41 Å². The van der Waals surface area contributed by atoms with Gasteiger partial charge in [0.2, 0.25) is 0 Å². The molecule has 1 aromatic carbocycles. The average Bonchev–Trinajstić information content (AvgIpc) is 2.30. The van der Waals surface area contributed by atoms with Gasteiger partial charge in [-0.2, -0.15) is 0 Å². The summed E-state index contributed by atoms with van der Waals surface area (Å²) in [4.78, 5) is 11.7. The Kier molecular flexibility index (Phi) is 4.42. The van der Waals surface area contributed by atoms with E-state index in [-0.39, 0.29) is 5.97 Å². The summed E-state index contributed by atoms with van der Waals surface area (Å²) in [5.41, 5.74) is 5.84. The third-order valence-corrected chi connectivity index (χ3v) is 3.36. The summed E-state index contributed by atoms with van der Waals surface area (Å²) >= 11 is 11.9. The lowest BCUT2D eigenvalue weighted by Gasteiger charge is -2.29. The van der Waals surface area contributed by atoms with Crippen molar-refractivity contribution in [3.8, 4) is 0 Å². The average molecular weight is 276 g/mol. The number of rotatable bonds is 3. The van der Waals surface area contributed by atoms with Crippen LogP contribution in [0.2, 0.25) is 10.0 Å². The van der Waals surface area contributed by atoms with Crippen LogP contribution >= 0.6 is 23.2 Å². The molecule has 0 saturated carbocycles. The molecule has 94 valence electrons. The van der Waals surface area contributed by atoms with Crippen molar-refractivity contribution in [3.05, 3.63) is 33.8 Å². The highest BCUT2D eigenvalue weighted by Crippen LogP contribution is 2.36. The van der Waals surface area contributed by atoms with Crippen LogP contribution in [0.5, 0.6) is 0 Å². The summed E-state index contributed by atoms with van der Waals surface area (Å²) in [5, 5.41) is 1.01. The second-order valence-electron chi connectivity index (χ2n) is 4.36. The Hall–Kier alpha value is -0.770. The number of nitrogens with two attached hydrogens (primary N) is 1. The van der Waals surface area contributed by atoms with Crippen LogP contribution in [-0.4, -0.2) is 13.1 Å². The molecular weight excluding hydrogens is 261 g/mol. The smallest absolute Gasteiger partial charge is 0.313 e.